The minimum absolute atomic E-state index is 0.175. The molecule has 19 heavy (non-hydrogen) atoms. The summed E-state index contributed by atoms with van der Waals surface area (Å²) in [5.41, 5.74) is 0.934. The van der Waals surface area contributed by atoms with Crippen LogP contribution in [0.15, 0.2) is 12.4 Å². The van der Waals surface area contributed by atoms with Crippen molar-refractivity contribution in [3.05, 3.63) is 18.0 Å². The highest BCUT2D eigenvalue weighted by molar-refractivity contribution is 6.34. The number of aryl methyl sites for hydroxylation is 1. The molecule has 0 N–H and O–H groups in total. The molecule has 2 rings (SSSR count). The maximum Gasteiger partial charge on any atom is 0.374 e. The van der Waals surface area contributed by atoms with Crippen LogP contribution in [0.2, 0.25) is 0 Å². The van der Waals surface area contributed by atoms with Crippen LogP contribution in [-0.2, 0) is 26.1 Å². The van der Waals surface area contributed by atoms with E-state index < -0.39 is 11.8 Å². The van der Waals surface area contributed by atoms with Gasteiger partial charge in [0.15, 0.2) is 0 Å². The lowest BCUT2D eigenvalue weighted by Gasteiger charge is -2.27. The molecule has 2 atom stereocenters. The molecule has 6 nitrogen and oxygen atoms in total. The highest BCUT2D eigenvalue weighted by Crippen LogP contribution is 2.31. The van der Waals surface area contributed by atoms with E-state index in [1.807, 2.05) is 13.2 Å². The monoisotopic (exact) mass is 266 g/mol. The maximum absolute atomic E-state index is 11.9. The summed E-state index contributed by atoms with van der Waals surface area (Å²) in [7, 11) is 1.83. The second-order valence-corrected chi connectivity index (χ2v) is 4.61. The van der Waals surface area contributed by atoms with Crippen molar-refractivity contribution in [2.24, 2.45) is 13.0 Å². The summed E-state index contributed by atoms with van der Waals surface area (Å²) < 4.78 is 12.1. The van der Waals surface area contributed by atoms with Crippen LogP contribution in [0.3, 0.4) is 0 Å². The highest BCUT2D eigenvalue weighted by Gasteiger charge is 2.33. The standard InChI is InChI=1S/C13H18N2O4/c1-3-18-13(17)12(16)9-4-5-19-11(6-9)10-7-14-15(2)8-10/h7-9,11H,3-6H2,1-2H3. The van der Waals surface area contributed by atoms with Crippen molar-refractivity contribution >= 4 is 11.8 Å². The van der Waals surface area contributed by atoms with Gasteiger partial charge in [-0.25, -0.2) is 4.79 Å². The van der Waals surface area contributed by atoms with Gasteiger partial charge in [-0.1, -0.05) is 0 Å². The molecule has 1 aromatic heterocycles. The van der Waals surface area contributed by atoms with Gasteiger partial charge in [0.05, 0.1) is 18.9 Å². The molecule has 2 unspecified atom stereocenters. The molecule has 0 amide bonds. The van der Waals surface area contributed by atoms with E-state index in [0.717, 1.165) is 5.56 Å². The quantitative estimate of drug-likeness (QED) is 0.601. The van der Waals surface area contributed by atoms with Crippen LogP contribution in [0, 0.1) is 5.92 Å². The zero-order valence-corrected chi connectivity index (χ0v) is 11.2. The third-order valence-electron chi connectivity index (χ3n) is 3.23. The lowest BCUT2D eigenvalue weighted by molar-refractivity contribution is -0.157. The number of hydrogen-bond donors (Lipinski definition) is 0. The van der Waals surface area contributed by atoms with Crippen molar-refractivity contribution in [3.8, 4) is 0 Å². The van der Waals surface area contributed by atoms with Crippen LogP contribution in [0.25, 0.3) is 0 Å². The lowest BCUT2D eigenvalue weighted by Crippen LogP contribution is -2.31. The molecule has 104 valence electrons. The normalized spacial score (nSPS) is 23.1. The number of ketones is 1. The van der Waals surface area contributed by atoms with Crippen molar-refractivity contribution in [2.75, 3.05) is 13.2 Å². The average molecular weight is 266 g/mol. The third-order valence-corrected chi connectivity index (χ3v) is 3.23. The molecule has 0 aromatic carbocycles. The number of carbonyl (C=O) groups excluding carboxylic acids is 2. The van der Waals surface area contributed by atoms with Gasteiger partial charge in [0.2, 0.25) is 5.78 Å². The predicted octanol–water partition coefficient (Wildman–Crippen LogP) is 1.02. The van der Waals surface area contributed by atoms with Crippen LogP contribution >= 0.6 is 0 Å². The summed E-state index contributed by atoms with van der Waals surface area (Å²) in [6.45, 7) is 2.38. The largest absolute Gasteiger partial charge is 0.460 e. The number of esters is 1. The predicted molar refractivity (Wildman–Crippen MR) is 66.3 cm³/mol. The van der Waals surface area contributed by atoms with Gasteiger partial charge < -0.3 is 9.47 Å². The Morgan fingerprint density at radius 2 is 2.37 bits per heavy atom. The Kier molecular flexibility index (Phi) is 4.31. The number of ether oxygens (including phenoxy) is 2. The first-order valence-electron chi connectivity index (χ1n) is 6.43. The molecule has 0 saturated carbocycles. The van der Waals surface area contributed by atoms with Gasteiger partial charge in [0.25, 0.3) is 0 Å². The number of carbonyl (C=O) groups is 2. The SMILES string of the molecule is CCOC(=O)C(=O)C1CCOC(c2cnn(C)c2)C1. The number of hydrogen-bond acceptors (Lipinski definition) is 5. The maximum atomic E-state index is 11.9. The Bertz CT molecular complexity index is 469. The second kappa shape index (κ2) is 5.97. The molecule has 2 heterocycles. The summed E-state index contributed by atoms with van der Waals surface area (Å²) in [6.07, 6.45) is 4.48. The number of nitrogens with zero attached hydrogens (tertiary/aromatic N) is 2. The van der Waals surface area contributed by atoms with Gasteiger partial charge in [0, 0.05) is 31.3 Å². The van der Waals surface area contributed by atoms with E-state index >= 15 is 0 Å². The molecule has 1 aliphatic heterocycles. The topological polar surface area (TPSA) is 70.4 Å². The van der Waals surface area contributed by atoms with Gasteiger partial charge >= 0.3 is 5.97 Å². The van der Waals surface area contributed by atoms with Crippen molar-refractivity contribution in [1.29, 1.82) is 0 Å². The Morgan fingerprint density at radius 1 is 1.58 bits per heavy atom. The molecule has 1 aliphatic rings. The van der Waals surface area contributed by atoms with Gasteiger partial charge in [-0.3, -0.25) is 9.48 Å². The molecule has 0 spiro atoms. The Balaban J connectivity index is 2.01. The first-order chi connectivity index (χ1) is 9.11. The van der Waals surface area contributed by atoms with E-state index in [1.165, 1.54) is 0 Å². The first-order valence-corrected chi connectivity index (χ1v) is 6.43. The number of Topliss-reactive ketones (excluding diaryl/α,β-unsaturated/α-hetero) is 1. The van der Waals surface area contributed by atoms with Crippen molar-refractivity contribution in [1.82, 2.24) is 9.78 Å². The number of aromatic nitrogens is 2. The Morgan fingerprint density at radius 3 is 3.00 bits per heavy atom. The molecule has 1 aromatic rings. The van der Waals surface area contributed by atoms with E-state index in [1.54, 1.807) is 17.8 Å². The highest BCUT2D eigenvalue weighted by atomic mass is 16.5. The van der Waals surface area contributed by atoms with Crippen LogP contribution < -0.4 is 0 Å². The molecule has 6 heteroatoms. The smallest absolute Gasteiger partial charge is 0.374 e. The zero-order chi connectivity index (χ0) is 13.8. The van der Waals surface area contributed by atoms with Crippen LogP contribution in [-0.4, -0.2) is 34.7 Å². The number of rotatable bonds is 4. The summed E-state index contributed by atoms with van der Waals surface area (Å²) >= 11 is 0. The van der Waals surface area contributed by atoms with Crippen molar-refractivity contribution in [3.63, 3.8) is 0 Å². The summed E-state index contributed by atoms with van der Waals surface area (Å²) in [4.78, 5) is 23.4. The molecule has 0 aliphatic carbocycles. The van der Waals surface area contributed by atoms with Gasteiger partial charge in [-0.2, -0.15) is 5.10 Å². The van der Waals surface area contributed by atoms with Crippen molar-refractivity contribution in [2.45, 2.75) is 25.9 Å². The average Bonchev–Trinajstić information content (AvgIpc) is 2.85. The Hall–Kier alpha value is -1.69. The van der Waals surface area contributed by atoms with E-state index in [0.29, 0.717) is 19.4 Å². The summed E-state index contributed by atoms with van der Waals surface area (Å²) in [5, 5.41) is 4.09. The van der Waals surface area contributed by atoms with Gasteiger partial charge in [0.1, 0.15) is 0 Å². The molecule has 0 radical (unpaired) electrons. The molecule has 1 fully saturated rings. The fourth-order valence-electron chi connectivity index (χ4n) is 2.24. The van der Waals surface area contributed by atoms with Crippen LogP contribution in [0.1, 0.15) is 31.4 Å². The molecule has 0 bridgehead atoms. The van der Waals surface area contributed by atoms with Gasteiger partial charge in [-0.05, 0) is 19.8 Å². The molecular weight excluding hydrogens is 248 g/mol. The molecular formula is C13H18N2O4. The summed E-state index contributed by atoms with van der Waals surface area (Å²) in [6, 6.07) is 0. The molecule has 1 saturated heterocycles. The minimum Gasteiger partial charge on any atom is -0.460 e. The fraction of sp³-hybridized carbons (Fsp3) is 0.615. The van der Waals surface area contributed by atoms with E-state index in [4.69, 9.17) is 9.47 Å². The van der Waals surface area contributed by atoms with E-state index in [2.05, 4.69) is 5.10 Å². The van der Waals surface area contributed by atoms with Gasteiger partial charge in [-0.15, -0.1) is 0 Å². The second-order valence-electron chi connectivity index (χ2n) is 4.61. The fourth-order valence-corrected chi connectivity index (χ4v) is 2.24. The van der Waals surface area contributed by atoms with Crippen LogP contribution in [0.4, 0.5) is 0 Å². The first kappa shape index (κ1) is 13.7. The lowest BCUT2D eigenvalue weighted by atomic mass is 9.89. The third kappa shape index (κ3) is 3.20. The van der Waals surface area contributed by atoms with Crippen molar-refractivity contribution < 1.29 is 19.1 Å². The van der Waals surface area contributed by atoms with E-state index in [9.17, 15) is 9.59 Å². The van der Waals surface area contributed by atoms with Crippen LogP contribution in [0.5, 0.6) is 0 Å². The Labute approximate surface area is 111 Å². The van der Waals surface area contributed by atoms with E-state index in [-0.39, 0.29) is 18.6 Å². The minimum atomic E-state index is -0.737. The zero-order valence-electron chi connectivity index (χ0n) is 11.2. The summed E-state index contributed by atoms with van der Waals surface area (Å²) in [5.74, 6) is -1.50.